The Morgan fingerprint density at radius 2 is 2.14 bits per heavy atom. The number of aliphatic carboxylic acids is 1. The molecule has 0 aliphatic heterocycles. The fraction of sp³-hybridized carbons (Fsp3) is 0.308. The zero-order valence-electron chi connectivity index (χ0n) is 10.8. The van der Waals surface area contributed by atoms with E-state index in [0.717, 1.165) is 20.1 Å². The first kappa shape index (κ1) is 14.7. The van der Waals surface area contributed by atoms with Crippen molar-refractivity contribution in [3.8, 4) is 9.88 Å². The Kier molecular flexibility index (Phi) is 3.85. The number of nitrogens with one attached hydrogen (secondary N) is 1. The topological polar surface area (TPSA) is 79.3 Å². The largest absolute Gasteiger partial charge is 0.480 e. The van der Waals surface area contributed by atoms with E-state index < -0.39 is 17.4 Å². The first-order valence-corrected chi connectivity index (χ1v) is 8.76. The number of carboxylic acids is 1. The van der Waals surface area contributed by atoms with Crippen molar-refractivity contribution in [1.29, 1.82) is 0 Å². The van der Waals surface area contributed by atoms with Crippen LogP contribution >= 0.6 is 38.6 Å². The Morgan fingerprint density at radius 3 is 2.67 bits per heavy atom. The average Bonchev–Trinajstić information content (AvgIpc) is 3.01. The molecule has 0 spiro atoms. The number of thiophene rings is 1. The van der Waals surface area contributed by atoms with Gasteiger partial charge < -0.3 is 10.4 Å². The Balaban J connectivity index is 1.77. The van der Waals surface area contributed by atoms with Crippen LogP contribution in [0.15, 0.2) is 21.3 Å². The Bertz CT molecular complexity index is 706. The van der Waals surface area contributed by atoms with Crippen molar-refractivity contribution < 1.29 is 14.7 Å². The molecule has 3 rings (SSSR count). The predicted octanol–water partition coefficient (Wildman–Crippen LogP) is 3.37. The highest BCUT2D eigenvalue weighted by Crippen LogP contribution is 2.34. The van der Waals surface area contributed by atoms with Crippen LogP contribution in [0.5, 0.6) is 0 Å². The van der Waals surface area contributed by atoms with Gasteiger partial charge >= 0.3 is 5.97 Å². The number of aromatic nitrogens is 1. The summed E-state index contributed by atoms with van der Waals surface area (Å²) in [5.74, 6) is -1.39. The van der Waals surface area contributed by atoms with Gasteiger partial charge in [0.25, 0.3) is 5.91 Å². The lowest BCUT2D eigenvalue weighted by Gasteiger charge is -2.37. The molecule has 2 N–H and O–H groups in total. The number of thiazole rings is 1. The van der Waals surface area contributed by atoms with Gasteiger partial charge in [0.05, 0.1) is 8.66 Å². The van der Waals surface area contributed by atoms with E-state index in [2.05, 4.69) is 26.2 Å². The minimum absolute atomic E-state index is 0.270. The molecule has 1 aliphatic rings. The molecule has 0 radical (unpaired) electrons. The van der Waals surface area contributed by atoms with Crippen LogP contribution in [-0.4, -0.2) is 27.5 Å². The van der Waals surface area contributed by atoms with Gasteiger partial charge in [-0.1, -0.05) is 0 Å². The van der Waals surface area contributed by atoms with E-state index in [9.17, 15) is 14.7 Å². The van der Waals surface area contributed by atoms with Crippen LogP contribution in [0.3, 0.4) is 0 Å². The zero-order chi connectivity index (χ0) is 15.0. The van der Waals surface area contributed by atoms with Crippen molar-refractivity contribution >= 4 is 50.5 Å². The number of nitrogens with zero attached hydrogens (tertiary/aromatic N) is 1. The van der Waals surface area contributed by atoms with Crippen LogP contribution in [0.2, 0.25) is 0 Å². The summed E-state index contributed by atoms with van der Waals surface area (Å²) >= 11 is 6.30. The molecule has 0 saturated heterocycles. The van der Waals surface area contributed by atoms with Crippen molar-refractivity contribution in [2.75, 3.05) is 0 Å². The van der Waals surface area contributed by atoms with Crippen molar-refractivity contribution in [3.05, 3.63) is 27.0 Å². The summed E-state index contributed by atoms with van der Waals surface area (Å²) in [5, 5.41) is 14.3. The van der Waals surface area contributed by atoms with Gasteiger partial charge in [0.15, 0.2) is 0 Å². The minimum atomic E-state index is -1.10. The predicted molar refractivity (Wildman–Crippen MR) is 84.8 cm³/mol. The highest BCUT2D eigenvalue weighted by atomic mass is 79.9. The van der Waals surface area contributed by atoms with Crippen LogP contribution in [0.25, 0.3) is 9.88 Å². The molecule has 2 aromatic rings. The molecule has 5 nitrogen and oxygen atoms in total. The second-order valence-corrected chi connectivity index (χ2v) is 8.16. The fourth-order valence-corrected chi connectivity index (χ4v) is 4.38. The Morgan fingerprint density at radius 1 is 1.38 bits per heavy atom. The number of hydrogen-bond donors (Lipinski definition) is 2. The van der Waals surface area contributed by atoms with Gasteiger partial charge in [-0.05, 0) is 47.3 Å². The van der Waals surface area contributed by atoms with Crippen LogP contribution in [0.1, 0.15) is 29.8 Å². The van der Waals surface area contributed by atoms with Crippen LogP contribution in [-0.2, 0) is 4.79 Å². The molecule has 2 heterocycles. The van der Waals surface area contributed by atoms with Crippen LogP contribution in [0, 0.1) is 0 Å². The Hall–Kier alpha value is -1.25. The lowest BCUT2D eigenvalue weighted by atomic mass is 9.76. The molecule has 0 aromatic carbocycles. The van der Waals surface area contributed by atoms with Crippen LogP contribution in [0.4, 0.5) is 0 Å². The number of amides is 1. The van der Waals surface area contributed by atoms with Crippen molar-refractivity contribution in [1.82, 2.24) is 10.3 Å². The highest BCUT2D eigenvalue weighted by Gasteiger charge is 2.46. The molecular weight excluding hydrogens is 376 g/mol. The fourth-order valence-electron chi connectivity index (χ4n) is 2.12. The molecule has 2 aromatic heterocycles. The first-order valence-electron chi connectivity index (χ1n) is 6.27. The third-order valence-electron chi connectivity index (χ3n) is 3.49. The van der Waals surface area contributed by atoms with E-state index in [0.29, 0.717) is 12.8 Å². The molecular formula is C13H11BrN2O3S2. The summed E-state index contributed by atoms with van der Waals surface area (Å²) < 4.78 is 0.998. The molecule has 8 heteroatoms. The van der Waals surface area contributed by atoms with Crippen LogP contribution < -0.4 is 5.32 Å². The number of carbonyl (C=O) groups is 2. The lowest BCUT2D eigenvalue weighted by molar-refractivity contribution is -0.148. The first-order chi connectivity index (χ1) is 10.00. The van der Waals surface area contributed by atoms with Crippen molar-refractivity contribution in [2.45, 2.75) is 24.8 Å². The van der Waals surface area contributed by atoms with Gasteiger partial charge in [0, 0.05) is 5.38 Å². The molecule has 1 amide bonds. The smallest absolute Gasteiger partial charge is 0.329 e. The molecule has 0 atom stereocenters. The SMILES string of the molecule is O=C(NC1(C(=O)O)CCC1)c1csc(-c2ccc(Br)s2)n1. The molecule has 1 fully saturated rings. The van der Waals surface area contributed by atoms with Crippen molar-refractivity contribution in [3.63, 3.8) is 0 Å². The maximum absolute atomic E-state index is 12.2. The van der Waals surface area contributed by atoms with E-state index in [4.69, 9.17) is 0 Å². The maximum atomic E-state index is 12.2. The van der Waals surface area contributed by atoms with E-state index in [-0.39, 0.29) is 5.69 Å². The van der Waals surface area contributed by atoms with Gasteiger partial charge in [-0.15, -0.1) is 22.7 Å². The van der Waals surface area contributed by atoms with Crippen molar-refractivity contribution in [2.24, 2.45) is 0 Å². The maximum Gasteiger partial charge on any atom is 0.329 e. The van der Waals surface area contributed by atoms with Gasteiger partial charge in [-0.25, -0.2) is 9.78 Å². The third-order valence-corrected chi connectivity index (χ3v) is 6.13. The van der Waals surface area contributed by atoms with Gasteiger partial charge in [0.2, 0.25) is 0 Å². The molecule has 0 unspecified atom stereocenters. The Labute approximate surface area is 137 Å². The number of halogens is 1. The van der Waals surface area contributed by atoms with Gasteiger partial charge in [-0.2, -0.15) is 0 Å². The number of carbonyl (C=O) groups excluding carboxylic acids is 1. The third kappa shape index (κ3) is 2.75. The molecule has 21 heavy (non-hydrogen) atoms. The van der Waals surface area contributed by atoms with E-state index in [1.807, 2.05) is 12.1 Å². The summed E-state index contributed by atoms with van der Waals surface area (Å²) in [7, 11) is 0. The quantitative estimate of drug-likeness (QED) is 0.843. The highest BCUT2D eigenvalue weighted by molar-refractivity contribution is 9.11. The standard InChI is InChI=1S/C13H11BrN2O3S2/c14-9-3-2-8(21-9)11-15-7(6-20-11)10(17)16-13(12(18)19)4-1-5-13/h2-3,6H,1,4-5H2,(H,16,17)(H,18,19). The average molecular weight is 387 g/mol. The second-order valence-electron chi connectivity index (χ2n) is 4.84. The molecule has 110 valence electrons. The lowest BCUT2D eigenvalue weighted by Crippen LogP contribution is -2.59. The normalized spacial score (nSPS) is 16.2. The molecule has 1 aliphatic carbocycles. The zero-order valence-corrected chi connectivity index (χ0v) is 14.0. The monoisotopic (exact) mass is 386 g/mol. The van der Waals surface area contributed by atoms with E-state index in [1.165, 1.54) is 22.7 Å². The second kappa shape index (κ2) is 5.51. The summed E-state index contributed by atoms with van der Waals surface area (Å²) in [6.07, 6.45) is 1.77. The summed E-state index contributed by atoms with van der Waals surface area (Å²) in [6.45, 7) is 0. The summed E-state index contributed by atoms with van der Waals surface area (Å²) in [6, 6.07) is 3.86. The summed E-state index contributed by atoms with van der Waals surface area (Å²) in [4.78, 5) is 28.7. The molecule has 0 bridgehead atoms. The van der Waals surface area contributed by atoms with Gasteiger partial charge in [-0.3, -0.25) is 4.79 Å². The van der Waals surface area contributed by atoms with E-state index in [1.54, 1.807) is 5.38 Å². The summed E-state index contributed by atoms with van der Waals surface area (Å²) in [5.41, 5.74) is -0.834. The molecule has 1 saturated carbocycles. The number of hydrogen-bond acceptors (Lipinski definition) is 5. The minimum Gasteiger partial charge on any atom is -0.480 e. The number of rotatable bonds is 4. The van der Waals surface area contributed by atoms with Gasteiger partial charge in [0.1, 0.15) is 16.2 Å². The van der Waals surface area contributed by atoms with E-state index >= 15 is 0 Å². The number of carboxylic acid groups (broad SMARTS) is 1.